The van der Waals surface area contributed by atoms with Gasteiger partial charge in [0, 0.05) is 10.4 Å². The number of nitrogens with zero attached hydrogens (tertiary/aromatic N) is 3. The highest BCUT2D eigenvalue weighted by molar-refractivity contribution is 9.10. The van der Waals surface area contributed by atoms with Gasteiger partial charge in [-0.2, -0.15) is 9.78 Å². The van der Waals surface area contributed by atoms with Gasteiger partial charge in [-0.1, -0.05) is 54.0 Å². The summed E-state index contributed by atoms with van der Waals surface area (Å²) in [6.07, 6.45) is 2.61. The van der Waals surface area contributed by atoms with Gasteiger partial charge < -0.3 is 0 Å². The van der Waals surface area contributed by atoms with E-state index in [2.05, 4.69) is 34.9 Å². The molecule has 2 aromatic carbocycles. The van der Waals surface area contributed by atoms with Crippen molar-refractivity contribution in [1.29, 1.82) is 0 Å². The number of aromatic nitrogens is 2. The average molecular weight is 398 g/mol. The van der Waals surface area contributed by atoms with Crippen molar-refractivity contribution in [2.75, 3.05) is 0 Å². The van der Waals surface area contributed by atoms with Crippen LogP contribution in [0.4, 0.5) is 0 Å². The minimum atomic E-state index is -0.147. The third-order valence-corrected chi connectivity index (χ3v) is 4.88. The Labute approximate surface area is 155 Å². The summed E-state index contributed by atoms with van der Waals surface area (Å²) in [6.45, 7) is 6.17. The van der Waals surface area contributed by atoms with E-state index in [1.807, 2.05) is 43.3 Å². The van der Waals surface area contributed by atoms with Crippen molar-refractivity contribution in [3.8, 4) is 0 Å². The van der Waals surface area contributed by atoms with Crippen LogP contribution in [-0.4, -0.2) is 15.9 Å². The Morgan fingerprint density at radius 3 is 2.76 bits per heavy atom. The molecule has 0 N–H and O–H groups in total. The number of fused-ring (bicyclic) bond motifs is 1. The lowest BCUT2D eigenvalue weighted by Gasteiger charge is -2.14. The molecule has 25 heavy (non-hydrogen) atoms. The zero-order chi connectivity index (χ0) is 18.0. The zero-order valence-corrected chi connectivity index (χ0v) is 16.1. The van der Waals surface area contributed by atoms with Gasteiger partial charge in [-0.05, 0) is 42.7 Å². The second-order valence-electron chi connectivity index (χ2n) is 6.16. The number of halogens is 1. The minimum Gasteiger partial charge on any atom is -0.267 e. The third-order valence-electron chi connectivity index (χ3n) is 4.39. The van der Waals surface area contributed by atoms with E-state index >= 15 is 0 Å². The van der Waals surface area contributed by atoms with Crippen molar-refractivity contribution < 1.29 is 0 Å². The Hall–Kier alpha value is -2.27. The first-order chi connectivity index (χ1) is 12.0. The molecule has 1 aromatic heterocycles. The minimum absolute atomic E-state index is 0.134. The molecule has 0 aliphatic heterocycles. The van der Waals surface area contributed by atoms with E-state index in [1.54, 1.807) is 12.3 Å². The van der Waals surface area contributed by atoms with Crippen LogP contribution in [0.5, 0.6) is 0 Å². The molecule has 0 aliphatic carbocycles. The van der Waals surface area contributed by atoms with Crippen LogP contribution in [0, 0.1) is 6.92 Å². The predicted molar refractivity (Wildman–Crippen MR) is 107 cm³/mol. The van der Waals surface area contributed by atoms with Gasteiger partial charge in [-0.25, -0.2) is 4.98 Å². The Morgan fingerprint density at radius 2 is 2.04 bits per heavy atom. The van der Waals surface area contributed by atoms with Gasteiger partial charge in [-0.15, -0.1) is 0 Å². The van der Waals surface area contributed by atoms with Crippen molar-refractivity contribution in [2.45, 2.75) is 33.1 Å². The molecular weight excluding hydrogens is 378 g/mol. The number of aryl methyl sites for hydroxylation is 1. The summed E-state index contributed by atoms with van der Waals surface area (Å²) in [5.41, 5.74) is 2.65. The van der Waals surface area contributed by atoms with Crippen molar-refractivity contribution in [2.24, 2.45) is 5.10 Å². The van der Waals surface area contributed by atoms with Gasteiger partial charge in [0.05, 0.1) is 17.1 Å². The van der Waals surface area contributed by atoms with Crippen molar-refractivity contribution >= 4 is 33.0 Å². The predicted octanol–water partition coefficient (Wildman–Crippen LogP) is 4.86. The Balaban J connectivity index is 2.22. The van der Waals surface area contributed by atoms with Crippen molar-refractivity contribution in [3.63, 3.8) is 0 Å². The lowest BCUT2D eigenvalue weighted by atomic mass is 10.1. The first-order valence-electron chi connectivity index (χ1n) is 8.33. The van der Waals surface area contributed by atoms with Gasteiger partial charge in [-0.3, -0.25) is 4.79 Å². The standard InChI is InChI=1S/C20H20BrN3O/c1-4-13(2)19-23-18-10-9-16(21)11-17(18)20(25)24(19)22-12-15-8-6-5-7-14(15)3/h5-13H,4H2,1-3H3/t13-/m1/s1. The van der Waals surface area contributed by atoms with Crippen LogP contribution in [-0.2, 0) is 0 Å². The monoisotopic (exact) mass is 397 g/mol. The van der Waals surface area contributed by atoms with Gasteiger partial charge in [0.1, 0.15) is 5.82 Å². The van der Waals surface area contributed by atoms with Gasteiger partial charge in [0.2, 0.25) is 0 Å². The maximum atomic E-state index is 13.0. The normalized spacial score (nSPS) is 12.8. The summed E-state index contributed by atoms with van der Waals surface area (Å²) in [6, 6.07) is 13.5. The van der Waals surface area contributed by atoms with Crippen molar-refractivity contribution in [1.82, 2.24) is 9.66 Å². The van der Waals surface area contributed by atoms with E-state index in [9.17, 15) is 4.79 Å². The molecule has 0 radical (unpaired) electrons. The molecule has 1 heterocycles. The van der Waals surface area contributed by atoms with Gasteiger partial charge >= 0.3 is 0 Å². The Morgan fingerprint density at radius 1 is 1.28 bits per heavy atom. The molecule has 0 saturated heterocycles. The summed E-state index contributed by atoms with van der Waals surface area (Å²) in [5.74, 6) is 0.821. The number of rotatable bonds is 4. The number of benzene rings is 2. The molecule has 0 saturated carbocycles. The lowest BCUT2D eigenvalue weighted by Crippen LogP contribution is -2.23. The molecule has 0 unspecified atom stereocenters. The van der Waals surface area contributed by atoms with Crippen LogP contribution in [0.1, 0.15) is 43.1 Å². The van der Waals surface area contributed by atoms with Gasteiger partial charge in [0.15, 0.2) is 0 Å². The summed E-state index contributed by atoms with van der Waals surface area (Å²) < 4.78 is 2.29. The summed E-state index contributed by atoms with van der Waals surface area (Å²) in [5, 5.41) is 5.05. The third kappa shape index (κ3) is 3.56. The molecule has 3 aromatic rings. The molecule has 3 rings (SSSR count). The maximum absolute atomic E-state index is 13.0. The molecule has 0 aliphatic rings. The maximum Gasteiger partial charge on any atom is 0.282 e. The Bertz CT molecular complexity index is 1010. The molecule has 4 nitrogen and oxygen atoms in total. The van der Waals surface area contributed by atoms with Crippen LogP contribution in [0.2, 0.25) is 0 Å². The lowest BCUT2D eigenvalue weighted by molar-refractivity contribution is 0.613. The molecule has 0 amide bonds. The summed E-state index contributed by atoms with van der Waals surface area (Å²) in [7, 11) is 0. The molecule has 1 atom stereocenters. The highest BCUT2D eigenvalue weighted by Crippen LogP contribution is 2.20. The topological polar surface area (TPSA) is 47.2 Å². The van der Waals surface area contributed by atoms with Crippen LogP contribution < -0.4 is 5.56 Å². The second kappa shape index (κ2) is 7.31. The zero-order valence-electron chi connectivity index (χ0n) is 14.5. The van der Waals surface area contributed by atoms with E-state index in [0.29, 0.717) is 16.7 Å². The van der Waals surface area contributed by atoms with E-state index in [0.717, 1.165) is 22.0 Å². The fourth-order valence-electron chi connectivity index (χ4n) is 2.63. The van der Waals surface area contributed by atoms with Crippen LogP contribution >= 0.6 is 15.9 Å². The van der Waals surface area contributed by atoms with Crippen LogP contribution in [0.3, 0.4) is 0 Å². The largest absolute Gasteiger partial charge is 0.282 e. The van der Waals surface area contributed by atoms with Crippen molar-refractivity contribution in [3.05, 3.63) is 74.2 Å². The van der Waals surface area contributed by atoms with Crippen LogP contribution in [0.15, 0.2) is 56.8 Å². The molecule has 5 heteroatoms. The average Bonchev–Trinajstić information content (AvgIpc) is 2.62. The van der Waals surface area contributed by atoms with E-state index in [-0.39, 0.29) is 11.5 Å². The van der Waals surface area contributed by atoms with E-state index < -0.39 is 0 Å². The second-order valence-corrected chi connectivity index (χ2v) is 7.07. The molecular formula is C20H20BrN3O. The molecule has 128 valence electrons. The first kappa shape index (κ1) is 17.5. The summed E-state index contributed by atoms with van der Waals surface area (Å²) in [4.78, 5) is 17.7. The molecule has 0 spiro atoms. The first-order valence-corrected chi connectivity index (χ1v) is 9.12. The highest BCUT2D eigenvalue weighted by Gasteiger charge is 2.15. The molecule has 0 bridgehead atoms. The Kier molecular flexibility index (Phi) is 5.13. The van der Waals surface area contributed by atoms with Gasteiger partial charge in [0.25, 0.3) is 5.56 Å². The SMILES string of the molecule is CC[C@@H](C)c1nc2ccc(Br)cc2c(=O)n1N=Cc1ccccc1C. The fraction of sp³-hybridized carbons (Fsp3) is 0.250. The highest BCUT2D eigenvalue weighted by atomic mass is 79.9. The molecule has 0 fully saturated rings. The summed E-state index contributed by atoms with van der Waals surface area (Å²) >= 11 is 3.42. The fourth-order valence-corrected chi connectivity index (χ4v) is 2.99. The number of hydrogen-bond donors (Lipinski definition) is 0. The number of hydrogen-bond acceptors (Lipinski definition) is 3. The van der Waals surface area contributed by atoms with E-state index in [4.69, 9.17) is 4.98 Å². The quantitative estimate of drug-likeness (QED) is 0.589. The van der Waals surface area contributed by atoms with Crippen LogP contribution in [0.25, 0.3) is 10.9 Å². The van der Waals surface area contributed by atoms with E-state index in [1.165, 1.54) is 4.68 Å². The smallest absolute Gasteiger partial charge is 0.267 e.